The Hall–Kier alpha value is -1.45. The molecule has 1 amide bonds. The van der Waals surface area contributed by atoms with Crippen LogP contribution in [0.2, 0.25) is 0 Å². The van der Waals surface area contributed by atoms with Crippen LogP contribution in [0.3, 0.4) is 0 Å². The van der Waals surface area contributed by atoms with Crippen LogP contribution in [0, 0.1) is 5.41 Å². The topological polar surface area (TPSA) is 77.2 Å². The number of Topliss-reactive ketones (excluding diaryl/α,β-unsaturated/α-hetero) is 2. The van der Waals surface area contributed by atoms with Gasteiger partial charge in [0.1, 0.15) is 0 Å². The molecular weight excluding hydrogens is 663 g/mol. The number of amides is 1. The zero-order valence-electron chi connectivity index (χ0n) is 36.9. The molecule has 0 radical (unpaired) electrons. The Morgan fingerprint density at radius 2 is 0.593 bits per heavy atom. The van der Waals surface area contributed by atoms with E-state index in [2.05, 4.69) is 32.9 Å². The van der Waals surface area contributed by atoms with Crippen LogP contribution in [0.5, 0.6) is 0 Å². The van der Waals surface area contributed by atoms with Crippen molar-refractivity contribution in [2.75, 3.05) is 0 Å². The fraction of sp³-hybridized carbons (Fsp3) is 0.900. The smallest absolute Gasteiger partial charge is 0.238 e. The van der Waals surface area contributed by atoms with Gasteiger partial charge in [0, 0.05) is 12.8 Å². The molecule has 2 N–H and O–H groups in total. The minimum atomic E-state index is -1.62. The molecule has 0 saturated heterocycles. The number of rotatable bonds is 45. The van der Waals surface area contributed by atoms with Crippen LogP contribution in [0.15, 0.2) is 12.2 Å². The third-order valence-corrected chi connectivity index (χ3v) is 12.0. The van der Waals surface area contributed by atoms with E-state index in [9.17, 15) is 14.4 Å². The summed E-state index contributed by atoms with van der Waals surface area (Å²) >= 11 is 0. The van der Waals surface area contributed by atoms with Gasteiger partial charge in [-0.3, -0.25) is 14.4 Å². The first-order valence-corrected chi connectivity index (χ1v) is 24.5. The summed E-state index contributed by atoms with van der Waals surface area (Å²) in [6.07, 6.45) is 51.9. The van der Waals surface area contributed by atoms with Crippen LogP contribution < -0.4 is 5.73 Å². The Labute approximate surface area is 338 Å². The van der Waals surface area contributed by atoms with E-state index in [1.54, 1.807) is 0 Å². The highest BCUT2D eigenvalue weighted by Gasteiger charge is 2.48. The maximum absolute atomic E-state index is 13.8. The van der Waals surface area contributed by atoms with Gasteiger partial charge in [-0.25, -0.2) is 0 Å². The summed E-state index contributed by atoms with van der Waals surface area (Å²) < 4.78 is 0. The lowest BCUT2D eigenvalue weighted by Gasteiger charge is -2.28. The van der Waals surface area contributed by atoms with Crippen molar-refractivity contribution in [2.45, 2.75) is 284 Å². The monoisotopic (exact) mass is 758 g/mol. The lowest BCUT2D eigenvalue weighted by Crippen LogP contribution is -2.50. The molecule has 4 heteroatoms. The summed E-state index contributed by atoms with van der Waals surface area (Å²) in [7, 11) is 0. The van der Waals surface area contributed by atoms with Crippen molar-refractivity contribution in [3.05, 3.63) is 12.2 Å². The molecule has 318 valence electrons. The molecule has 0 aromatic carbocycles. The summed E-state index contributed by atoms with van der Waals surface area (Å²) in [6, 6.07) is 0. The average molecular weight is 758 g/mol. The molecule has 0 saturated carbocycles. The predicted octanol–water partition coefficient (Wildman–Crippen LogP) is 16.2. The number of hydrogen-bond acceptors (Lipinski definition) is 3. The molecule has 0 fully saturated rings. The second kappa shape index (κ2) is 41.2. The molecule has 0 rings (SSSR count). The molecule has 0 aromatic heterocycles. The minimum Gasteiger partial charge on any atom is -0.368 e. The Bertz CT molecular complexity index is 822. The minimum absolute atomic E-state index is 0.199. The molecule has 0 atom stereocenters. The largest absolute Gasteiger partial charge is 0.368 e. The van der Waals surface area contributed by atoms with E-state index in [-0.39, 0.29) is 11.6 Å². The second-order valence-corrected chi connectivity index (χ2v) is 17.1. The van der Waals surface area contributed by atoms with E-state index in [1.165, 1.54) is 173 Å². The number of carbonyl (C=O) groups excluding carboxylic acids is 3. The Balaban J connectivity index is 4.70. The molecule has 0 aromatic rings. The third-order valence-electron chi connectivity index (χ3n) is 12.0. The van der Waals surface area contributed by atoms with Crippen LogP contribution in [0.25, 0.3) is 0 Å². The maximum atomic E-state index is 13.8. The normalized spacial score (nSPS) is 11.9. The van der Waals surface area contributed by atoms with E-state index < -0.39 is 11.3 Å². The van der Waals surface area contributed by atoms with Crippen LogP contribution in [-0.2, 0) is 14.4 Å². The van der Waals surface area contributed by atoms with Crippen molar-refractivity contribution >= 4 is 17.5 Å². The van der Waals surface area contributed by atoms with Gasteiger partial charge < -0.3 is 5.73 Å². The van der Waals surface area contributed by atoms with Crippen molar-refractivity contribution in [3.63, 3.8) is 0 Å². The molecule has 0 heterocycles. The SMILES string of the molecule is CCCCCCCC/C=C\CCCCCCC(C(N)=O)(C(=O)CCCCCCCCCCCCCCC)C(=O)CCCCCCCCCCCCCCC. The highest BCUT2D eigenvalue weighted by atomic mass is 16.2. The molecule has 0 bridgehead atoms. The van der Waals surface area contributed by atoms with Gasteiger partial charge in [0.05, 0.1) is 0 Å². The third kappa shape index (κ3) is 30.7. The van der Waals surface area contributed by atoms with Gasteiger partial charge in [-0.2, -0.15) is 0 Å². The number of nitrogens with two attached hydrogens (primary N) is 1. The van der Waals surface area contributed by atoms with Crippen LogP contribution in [-0.4, -0.2) is 17.5 Å². The molecule has 0 aliphatic heterocycles. The summed E-state index contributed by atoms with van der Waals surface area (Å²) in [5.74, 6) is -1.09. The highest BCUT2D eigenvalue weighted by Crippen LogP contribution is 2.33. The molecule has 4 nitrogen and oxygen atoms in total. The average Bonchev–Trinajstić information content (AvgIpc) is 3.16. The summed E-state index contributed by atoms with van der Waals surface area (Å²) in [5.41, 5.74) is 4.41. The van der Waals surface area contributed by atoms with Crippen molar-refractivity contribution in [1.29, 1.82) is 0 Å². The van der Waals surface area contributed by atoms with E-state index in [0.717, 1.165) is 64.2 Å². The first kappa shape index (κ1) is 52.6. The quantitative estimate of drug-likeness (QED) is 0.0382. The van der Waals surface area contributed by atoms with Gasteiger partial charge in [0.2, 0.25) is 5.91 Å². The van der Waals surface area contributed by atoms with E-state index in [1.807, 2.05) is 0 Å². The fourth-order valence-electron chi connectivity index (χ4n) is 8.15. The zero-order chi connectivity index (χ0) is 39.6. The van der Waals surface area contributed by atoms with Crippen LogP contribution in [0.1, 0.15) is 284 Å². The number of unbranched alkanes of at least 4 members (excludes halogenated alkanes) is 34. The number of ketones is 2. The zero-order valence-corrected chi connectivity index (χ0v) is 36.9. The highest BCUT2D eigenvalue weighted by molar-refractivity contribution is 6.23. The van der Waals surface area contributed by atoms with Gasteiger partial charge >= 0.3 is 0 Å². The molecule has 0 aliphatic carbocycles. The van der Waals surface area contributed by atoms with Crippen LogP contribution >= 0.6 is 0 Å². The van der Waals surface area contributed by atoms with Crippen LogP contribution in [0.4, 0.5) is 0 Å². The Morgan fingerprint density at radius 1 is 0.352 bits per heavy atom. The van der Waals surface area contributed by atoms with Gasteiger partial charge in [-0.1, -0.05) is 238 Å². The van der Waals surface area contributed by atoms with Gasteiger partial charge in [0.15, 0.2) is 17.0 Å². The first-order valence-electron chi connectivity index (χ1n) is 24.5. The molecule has 54 heavy (non-hydrogen) atoms. The molecule has 0 unspecified atom stereocenters. The first-order chi connectivity index (χ1) is 26.5. The molecule has 0 aliphatic rings. The molecule has 0 spiro atoms. The summed E-state index contributed by atoms with van der Waals surface area (Å²) in [5, 5.41) is 0. The second-order valence-electron chi connectivity index (χ2n) is 17.1. The van der Waals surface area contributed by atoms with Gasteiger partial charge in [-0.15, -0.1) is 0 Å². The Kier molecular flexibility index (Phi) is 40.1. The van der Waals surface area contributed by atoms with E-state index >= 15 is 0 Å². The summed E-state index contributed by atoms with van der Waals surface area (Å²) in [6.45, 7) is 6.80. The van der Waals surface area contributed by atoms with Crippen molar-refractivity contribution in [3.8, 4) is 0 Å². The predicted molar refractivity (Wildman–Crippen MR) is 237 cm³/mol. The maximum Gasteiger partial charge on any atom is 0.238 e. The molecular formula is C50H95NO3. The van der Waals surface area contributed by atoms with Crippen molar-refractivity contribution in [2.24, 2.45) is 11.1 Å². The van der Waals surface area contributed by atoms with E-state index in [4.69, 9.17) is 5.73 Å². The lowest BCUT2D eigenvalue weighted by atomic mass is 9.71. The fourth-order valence-corrected chi connectivity index (χ4v) is 8.15. The van der Waals surface area contributed by atoms with Gasteiger partial charge in [0.25, 0.3) is 0 Å². The number of primary amides is 1. The van der Waals surface area contributed by atoms with Crippen molar-refractivity contribution in [1.82, 2.24) is 0 Å². The standard InChI is InChI=1S/C50H95NO3/c1-4-7-10-13-16-19-22-25-28-31-34-37-40-43-46-50(49(51)54,47(52)44-41-38-35-32-29-26-23-20-17-14-11-8-5-2)48(53)45-42-39-36-33-30-27-24-21-18-15-12-9-6-3/h25,28H,4-24,26-27,29-46H2,1-3H3,(H2,51,54)/b28-25-. The number of hydrogen-bond donors (Lipinski definition) is 1. The van der Waals surface area contributed by atoms with E-state index in [0.29, 0.717) is 25.7 Å². The number of allylic oxidation sites excluding steroid dienone is 2. The van der Waals surface area contributed by atoms with Gasteiger partial charge in [-0.05, 0) is 44.9 Å². The number of carbonyl (C=O) groups is 3. The van der Waals surface area contributed by atoms with Crippen molar-refractivity contribution < 1.29 is 14.4 Å². The lowest BCUT2D eigenvalue weighted by molar-refractivity contribution is -0.149. The summed E-state index contributed by atoms with van der Waals surface area (Å²) in [4.78, 5) is 40.7. The Morgan fingerprint density at radius 3 is 0.870 bits per heavy atom.